The third-order valence-corrected chi connectivity index (χ3v) is 14.6. The molecule has 0 aliphatic rings. The quantitative estimate of drug-likeness (QED) is 0.265. The molecule has 0 aromatic heterocycles. The van der Waals surface area contributed by atoms with Gasteiger partial charge in [0.15, 0.2) is 0 Å². The van der Waals surface area contributed by atoms with Crippen molar-refractivity contribution in [3.63, 3.8) is 0 Å². The molecule has 0 spiro atoms. The second-order valence-electron chi connectivity index (χ2n) is 10.5. The van der Waals surface area contributed by atoms with Gasteiger partial charge in [0.1, 0.15) is 0 Å². The average Bonchev–Trinajstić information content (AvgIpc) is 2.34. The number of hydrogen-bond acceptors (Lipinski definition) is 1. The Kier molecular flexibility index (Phi) is 16.2. The van der Waals surface area contributed by atoms with E-state index in [1.807, 2.05) is 0 Å². The third-order valence-electron chi connectivity index (χ3n) is 4.54. The Labute approximate surface area is 180 Å². The van der Waals surface area contributed by atoms with E-state index >= 15 is 0 Å². The molecule has 0 rings (SSSR count). The van der Waals surface area contributed by atoms with Crippen molar-refractivity contribution in [1.29, 1.82) is 0 Å². The molecule has 0 heterocycles. The summed E-state index contributed by atoms with van der Waals surface area (Å²) < 4.78 is 4.82. The zero-order chi connectivity index (χ0) is 20.5. The summed E-state index contributed by atoms with van der Waals surface area (Å²) in [5, 5.41) is 0.391. The van der Waals surface area contributed by atoms with Crippen LogP contribution in [0, 0.1) is 0 Å². The van der Waals surface area contributed by atoms with Crippen molar-refractivity contribution in [2.24, 2.45) is 0 Å². The summed E-state index contributed by atoms with van der Waals surface area (Å²) >= 11 is 0. The molecular weight excluding hydrogens is 413 g/mol. The largest absolute Gasteiger partial charge is 3.00 e. The topological polar surface area (TPSA) is 31.4 Å². The maximum atomic E-state index is 4.98. The molecule has 0 fully saturated rings. The van der Waals surface area contributed by atoms with Crippen molar-refractivity contribution in [2.45, 2.75) is 98.5 Å². The molecule has 160 valence electrons. The Morgan fingerprint density at radius 3 is 1.38 bits per heavy atom. The first-order chi connectivity index (χ1) is 10.9. The van der Waals surface area contributed by atoms with Crippen LogP contribution in [0.2, 0.25) is 57.4 Å². The van der Waals surface area contributed by atoms with Gasteiger partial charge >= 0.3 is 16.8 Å². The zero-order valence-corrected chi connectivity index (χ0v) is 24.3. The van der Waals surface area contributed by atoms with Gasteiger partial charge in [-0.3, -0.25) is 0 Å². The normalized spacial score (nSPS) is 13.2. The fourth-order valence-electron chi connectivity index (χ4n) is 2.44. The van der Waals surface area contributed by atoms with Gasteiger partial charge in [-0.15, -0.1) is 6.54 Å². The minimum Gasteiger partial charge on any atom is -0.668 e. The molecule has 0 aromatic rings. The second-order valence-corrected chi connectivity index (χ2v) is 25.0. The van der Waals surface area contributed by atoms with Gasteiger partial charge in [-0.05, 0) is 19.6 Å². The molecule has 0 aliphatic carbocycles. The van der Waals surface area contributed by atoms with Crippen molar-refractivity contribution < 1.29 is 16.8 Å². The Morgan fingerprint density at radius 2 is 1.15 bits per heavy atom. The number of rotatable bonds is 9. The smallest absolute Gasteiger partial charge is 0.668 e. The van der Waals surface area contributed by atoms with E-state index in [-0.39, 0.29) is 16.8 Å². The fraction of sp³-hybridized carbons (Fsp3) is 1.00. The number of nitrogens with zero attached hydrogens (tertiary/aromatic N) is 3. The summed E-state index contributed by atoms with van der Waals surface area (Å²) in [6.07, 6.45) is 1.22. The van der Waals surface area contributed by atoms with Gasteiger partial charge in [0.05, 0.1) is 0 Å². The van der Waals surface area contributed by atoms with Crippen LogP contribution in [0.1, 0.15) is 41.0 Å². The maximum Gasteiger partial charge on any atom is 3.00 e. The van der Waals surface area contributed by atoms with E-state index in [1.54, 1.807) is 0 Å². The van der Waals surface area contributed by atoms with Gasteiger partial charge in [-0.1, -0.05) is 123 Å². The molecule has 7 heteroatoms. The third kappa shape index (κ3) is 18.4. The van der Waals surface area contributed by atoms with E-state index in [4.69, 9.17) is 9.63 Å². The molecule has 0 amide bonds. The zero-order valence-electron chi connectivity index (χ0n) is 20.2. The van der Waals surface area contributed by atoms with E-state index in [0.717, 1.165) is 19.6 Å². The summed E-state index contributed by atoms with van der Waals surface area (Å²) in [4.78, 5) is 7.45. The van der Waals surface area contributed by atoms with Crippen molar-refractivity contribution >= 4 is 24.7 Å². The van der Waals surface area contributed by atoms with Crippen LogP contribution in [0.15, 0.2) is 0 Å². The van der Waals surface area contributed by atoms with Crippen LogP contribution in [0.4, 0.5) is 0 Å². The van der Waals surface area contributed by atoms with Gasteiger partial charge in [0, 0.05) is 0 Å². The molecule has 0 unspecified atom stereocenters. The van der Waals surface area contributed by atoms with Crippen molar-refractivity contribution in [3.05, 3.63) is 9.63 Å². The second kappa shape index (κ2) is 13.3. The molecule has 0 aliphatic heterocycles. The van der Waals surface area contributed by atoms with Crippen molar-refractivity contribution in [3.8, 4) is 0 Å². The fourth-order valence-corrected chi connectivity index (χ4v) is 11.7. The first-order valence-electron chi connectivity index (χ1n) is 10.1. The van der Waals surface area contributed by atoms with E-state index in [0.29, 0.717) is 5.04 Å². The van der Waals surface area contributed by atoms with E-state index < -0.39 is 24.7 Å². The van der Waals surface area contributed by atoms with Gasteiger partial charge < -0.3 is 14.5 Å². The van der Waals surface area contributed by atoms with E-state index in [2.05, 4.69) is 91.9 Å². The van der Waals surface area contributed by atoms with Crippen LogP contribution < -0.4 is 0 Å². The first kappa shape index (κ1) is 31.7. The monoisotopic (exact) mass is 462 g/mol. The summed E-state index contributed by atoms with van der Waals surface area (Å²) in [6.45, 7) is 34.6. The molecule has 26 heavy (non-hydrogen) atoms. The van der Waals surface area contributed by atoms with E-state index in [1.165, 1.54) is 13.0 Å². The Bertz CT molecular complexity index is 329. The van der Waals surface area contributed by atoms with Crippen LogP contribution in [-0.2, 0) is 16.8 Å². The Balaban J connectivity index is -0.000000453. The molecule has 0 N–H and O–H groups in total. The molecule has 0 bridgehead atoms. The molecule has 0 saturated heterocycles. The SMILES string of the molecule is CCN(CC)CCC[N-][Si](C)(C)C(C)(C)C.C[Si](C)(C)[N-][Si](C)(C)C.[Co+3]. The summed E-state index contributed by atoms with van der Waals surface area (Å²) in [5.41, 5.74) is 0. The maximum absolute atomic E-state index is 4.98. The van der Waals surface area contributed by atoms with E-state index in [9.17, 15) is 0 Å². The average molecular weight is 463 g/mol. The van der Waals surface area contributed by atoms with Gasteiger partial charge in [-0.2, -0.15) is 0 Å². The molecule has 0 atom stereocenters. The number of hydrogen-bond donors (Lipinski definition) is 0. The molecule has 0 saturated carbocycles. The molecule has 0 aromatic carbocycles. The minimum atomic E-state index is -1.39. The Morgan fingerprint density at radius 1 is 0.769 bits per heavy atom. The standard InChI is InChI=1S/C13H31N2Si.C6H18NSi2.Co/c1-8-15(9-2)12-10-11-14-16(6,7)13(3,4)5;1-8(2,3)7-9(4,5)6;/h8-12H2,1-7H3;1-6H3;/q2*-1;+3. The van der Waals surface area contributed by atoms with Crippen molar-refractivity contribution in [1.82, 2.24) is 4.90 Å². The summed E-state index contributed by atoms with van der Waals surface area (Å²) in [7, 11) is -3.60. The predicted molar refractivity (Wildman–Crippen MR) is 128 cm³/mol. The molecule has 0 radical (unpaired) electrons. The minimum absolute atomic E-state index is 0. The first-order valence-corrected chi connectivity index (χ1v) is 19.9. The molecule has 3 nitrogen and oxygen atoms in total. The summed E-state index contributed by atoms with van der Waals surface area (Å²) in [6, 6.07) is 0. The summed E-state index contributed by atoms with van der Waals surface area (Å²) in [5.74, 6) is 0. The Hall–Kier alpha value is 1.04. The van der Waals surface area contributed by atoms with Gasteiger partial charge in [0.25, 0.3) is 0 Å². The van der Waals surface area contributed by atoms with Crippen molar-refractivity contribution in [2.75, 3.05) is 26.2 Å². The van der Waals surface area contributed by atoms with Crippen LogP contribution >= 0.6 is 0 Å². The molecular formula is C19H49CoN3Si3+. The van der Waals surface area contributed by atoms with Crippen LogP contribution in [0.3, 0.4) is 0 Å². The van der Waals surface area contributed by atoms with Crippen LogP contribution in [-0.4, -0.2) is 55.8 Å². The van der Waals surface area contributed by atoms with Gasteiger partial charge in [0.2, 0.25) is 0 Å². The van der Waals surface area contributed by atoms with Crippen LogP contribution in [0.5, 0.6) is 0 Å². The van der Waals surface area contributed by atoms with Crippen LogP contribution in [0.25, 0.3) is 9.63 Å². The predicted octanol–water partition coefficient (Wildman–Crippen LogP) is 7.12. The van der Waals surface area contributed by atoms with Gasteiger partial charge in [-0.25, -0.2) is 0 Å².